The highest BCUT2D eigenvalue weighted by atomic mass is 32.2. The van der Waals surface area contributed by atoms with Crippen molar-refractivity contribution < 1.29 is 23.1 Å². The third-order valence-corrected chi connectivity index (χ3v) is 3.22. The molecule has 0 aliphatic heterocycles. The lowest BCUT2D eigenvalue weighted by Gasteiger charge is -2.05. The summed E-state index contributed by atoms with van der Waals surface area (Å²) in [5.74, 6) is -4.12. The first-order chi connectivity index (χ1) is 8.99. The minimum absolute atomic E-state index is 0.0460. The molecule has 0 bridgehead atoms. The van der Waals surface area contributed by atoms with Crippen molar-refractivity contribution in [2.75, 3.05) is 0 Å². The Hall–Kier alpha value is -2.02. The number of hydrogen-bond donors (Lipinski definition) is 1. The molecular weight excluding hydrogens is 279 g/mol. The first-order valence-corrected chi connectivity index (χ1v) is 5.81. The van der Waals surface area contributed by atoms with Gasteiger partial charge in [0.1, 0.15) is 16.7 Å². The SMILES string of the molecule is O=C(O)c1ccnc(Sc2ccc(F)cc2F)c1F. The van der Waals surface area contributed by atoms with Crippen molar-refractivity contribution in [3.8, 4) is 0 Å². The number of benzene rings is 1. The Labute approximate surface area is 110 Å². The molecule has 0 radical (unpaired) electrons. The summed E-state index contributed by atoms with van der Waals surface area (Å²) in [5, 5.41) is 8.46. The predicted octanol–water partition coefficient (Wildman–Crippen LogP) is 3.35. The molecule has 0 saturated carbocycles. The molecule has 0 saturated heterocycles. The van der Waals surface area contributed by atoms with E-state index in [0.29, 0.717) is 17.8 Å². The molecule has 0 aliphatic carbocycles. The number of carboxylic acid groups (broad SMARTS) is 1. The van der Waals surface area contributed by atoms with Gasteiger partial charge in [-0.15, -0.1) is 0 Å². The predicted molar refractivity (Wildman–Crippen MR) is 61.6 cm³/mol. The topological polar surface area (TPSA) is 50.2 Å². The lowest BCUT2D eigenvalue weighted by Crippen LogP contribution is -2.02. The summed E-state index contributed by atoms with van der Waals surface area (Å²) in [7, 11) is 0. The molecule has 1 heterocycles. The number of rotatable bonds is 3. The fraction of sp³-hybridized carbons (Fsp3) is 0. The van der Waals surface area contributed by atoms with Gasteiger partial charge in [-0.05, 0) is 18.2 Å². The van der Waals surface area contributed by atoms with Crippen LogP contribution in [0, 0.1) is 17.5 Å². The first kappa shape index (κ1) is 13.4. The standard InChI is InChI=1S/C12H6F3NO2S/c13-6-1-2-9(8(14)5-6)19-11-10(15)7(12(17)18)3-4-16-11/h1-5H,(H,17,18). The molecule has 0 amide bonds. The van der Waals surface area contributed by atoms with Crippen LogP contribution in [-0.4, -0.2) is 16.1 Å². The molecule has 7 heteroatoms. The maximum absolute atomic E-state index is 13.8. The summed E-state index contributed by atoms with van der Waals surface area (Å²) in [6.07, 6.45) is 1.11. The number of pyridine rings is 1. The van der Waals surface area contributed by atoms with Crippen LogP contribution in [-0.2, 0) is 0 Å². The molecule has 0 spiro atoms. The highest BCUT2D eigenvalue weighted by Crippen LogP contribution is 2.31. The zero-order valence-electron chi connectivity index (χ0n) is 9.23. The normalized spacial score (nSPS) is 10.5. The van der Waals surface area contributed by atoms with Gasteiger partial charge in [-0.1, -0.05) is 11.8 Å². The van der Waals surface area contributed by atoms with Crippen LogP contribution in [0.15, 0.2) is 40.4 Å². The van der Waals surface area contributed by atoms with Crippen LogP contribution in [0.3, 0.4) is 0 Å². The van der Waals surface area contributed by atoms with Gasteiger partial charge in [-0.2, -0.15) is 0 Å². The number of hydrogen-bond acceptors (Lipinski definition) is 3. The van der Waals surface area contributed by atoms with Crippen molar-refractivity contribution in [1.29, 1.82) is 0 Å². The maximum Gasteiger partial charge on any atom is 0.338 e. The lowest BCUT2D eigenvalue weighted by atomic mass is 10.3. The Bertz CT molecular complexity index is 649. The zero-order valence-corrected chi connectivity index (χ0v) is 10.0. The van der Waals surface area contributed by atoms with Crippen molar-refractivity contribution >= 4 is 17.7 Å². The van der Waals surface area contributed by atoms with E-state index >= 15 is 0 Å². The van der Waals surface area contributed by atoms with Gasteiger partial charge in [-0.3, -0.25) is 0 Å². The van der Waals surface area contributed by atoms with E-state index in [1.165, 1.54) is 0 Å². The van der Waals surface area contributed by atoms with Crippen molar-refractivity contribution in [3.05, 3.63) is 53.5 Å². The van der Waals surface area contributed by atoms with E-state index in [0.717, 1.165) is 24.4 Å². The summed E-state index contributed by atoms with van der Waals surface area (Å²) in [4.78, 5) is 14.3. The number of carboxylic acids is 1. The summed E-state index contributed by atoms with van der Waals surface area (Å²) < 4.78 is 39.9. The maximum atomic E-state index is 13.8. The van der Waals surface area contributed by atoms with Gasteiger partial charge in [-0.25, -0.2) is 22.9 Å². The molecule has 1 aromatic heterocycles. The van der Waals surface area contributed by atoms with E-state index in [9.17, 15) is 18.0 Å². The molecule has 98 valence electrons. The van der Waals surface area contributed by atoms with Crippen LogP contribution in [0.25, 0.3) is 0 Å². The average Bonchev–Trinajstić information content (AvgIpc) is 2.34. The Balaban J connectivity index is 2.38. The Kier molecular flexibility index (Phi) is 3.75. The van der Waals surface area contributed by atoms with Crippen molar-refractivity contribution in [1.82, 2.24) is 4.98 Å². The molecular formula is C12H6F3NO2S. The monoisotopic (exact) mass is 285 g/mol. The minimum Gasteiger partial charge on any atom is -0.478 e. The van der Waals surface area contributed by atoms with Gasteiger partial charge in [0, 0.05) is 17.2 Å². The van der Waals surface area contributed by atoms with E-state index in [2.05, 4.69) is 4.98 Å². The van der Waals surface area contributed by atoms with E-state index in [1.807, 2.05) is 0 Å². The molecule has 0 fully saturated rings. The molecule has 19 heavy (non-hydrogen) atoms. The van der Waals surface area contributed by atoms with Crippen molar-refractivity contribution in [2.24, 2.45) is 0 Å². The number of aromatic carboxylic acids is 1. The second kappa shape index (κ2) is 5.31. The quantitative estimate of drug-likeness (QED) is 0.939. The molecule has 3 nitrogen and oxygen atoms in total. The second-order valence-electron chi connectivity index (χ2n) is 3.46. The molecule has 0 atom stereocenters. The summed E-state index contributed by atoms with van der Waals surface area (Å²) in [5.41, 5.74) is -0.556. The highest BCUT2D eigenvalue weighted by molar-refractivity contribution is 7.99. The van der Waals surface area contributed by atoms with Crippen LogP contribution in [0.2, 0.25) is 0 Å². The Morgan fingerprint density at radius 1 is 1.21 bits per heavy atom. The van der Waals surface area contributed by atoms with Crippen LogP contribution in [0.4, 0.5) is 13.2 Å². The number of nitrogens with zero attached hydrogens (tertiary/aromatic N) is 1. The lowest BCUT2D eigenvalue weighted by molar-refractivity contribution is 0.0691. The van der Waals surface area contributed by atoms with Crippen LogP contribution in [0.1, 0.15) is 10.4 Å². The Morgan fingerprint density at radius 3 is 2.58 bits per heavy atom. The van der Waals surface area contributed by atoms with Gasteiger partial charge in [0.25, 0.3) is 0 Å². The highest BCUT2D eigenvalue weighted by Gasteiger charge is 2.17. The molecule has 2 rings (SSSR count). The van der Waals surface area contributed by atoms with Crippen LogP contribution < -0.4 is 0 Å². The van der Waals surface area contributed by atoms with Crippen LogP contribution in [0.5, 0.6) is 0 Å². The average molecular weight is 285 g/mol. The third kappa shape index (κ3) is 2.87. The van der Waals surface area contributed by atoms with Gasteiger partial charge in [0.15, 0.2) is 5.82 Å². The second-order valence-corrected chi connectivity index (χ2v) is 4.49. The first-order valence-electron chi connectivity index (χ1n) is 4.99. The summed E-state index contributed by atoms with van der Waals surface area (Å²) in [6.45, 7) is 0. The van der Waals surface area contributed by atoms with Crippen molar-refractivity contribution in [2.45, 2.75) is 9.92 Å². The smallest absolute Gasteiger partial charge is 0.338 e. The van der Waals surface area contributed by atoms with Gasteiger partial charge < -0.3 is 5.11 Å². The Morgan fingerprint density at radius 2 is 1.95 bits per heavy atom. The summed E-state index contributed by atoms with van der Waals surface area (Å²) >= 11 is 0.590. The van der Waals surface area contributed by atoms with Crippen LogP contribution >= 0.6 is 11.8 Å². The van der Waals surface area contributed by atoms with E-state index < -0.39 is 29.0 Å². The van der Waals surface area contributed by atoms with Gasteiger partial charge >= 0.3 is 5.97 Å². The number of carbonyl (C=O) groups is 1. The zero-order chi connectivity index (χ0) is 14.0. The minimum atomic E-state index is -1.44. The molecule has 0 unspecified atom stereocenters. The molecule has 1 N–H and O–H groups in total. The van der Waals surface area contributed by atoms with E-state index in [1.54, 1.807) is 0 Å². The largest absolute Gasteiger partial charge is 0.478 e. The fourth-order valence-electron chi connectivity index (χ4n) is 1.32. The fourth-order valence-corrected chi connectivity index (χ4v) is 2.14. The van der Waals surface area contributed by atoms with Gasteiger partial charge in [0.2, 0.25) is 0 Å². The summed E-state index contributed by atoms with van der Waals surface area (Å²) in [6, 6.07) is 3.80. The van der Waals surface area contributed by atoms with E-state index in [-0.39, 0.29) is 9.92 Å². The third-order valence-electron chi connectivity index (χ3n) is 2.19. The number of aromatic nitrogens is 1. The van der Waals surface area contributed by atoms with E-state index in [4.69, 9.17) is 5.11 Å². The van der Waals surface area contributed by atoms with Gasteiger partial charge in [0.05, 0.1) is 5.56 Å². The molecule has 2 aromatic rings. The number of halogens is 3. The molecule has 1 aromatic carbocycles. The van der Waals surface area contributed by atoms with Crippen molar-refractivity contribution in [3.63, 3.8) is 0 Å². The molecule has 0 aliphatic rings.